The molecule has 0 aliphatic carbocycles. The predicted molar refractivity (Wildman–Crippen MR) is 101 cm³/mol. The Bertz CT molecular complexity index is 830. The molecule has 3 heteroatoms. The zero-order valence-corrected chi connectivity index (χ0v) is 14.4. The van der Waals surface area contributed by atoms with Crippen LogP contribution in [0.2, 0.25) is 0 Å². The fourth-order valence-electron chi connectivity index (χ4n) is 3.47. The lowest BCUT2D eigenvalue weighted by Crippen LogP contribution is -2.17. The lowest BCUT2D eigenvalue weighted by Gasteiger charge is -2.20. The number of hydrogen-bond donors (Lipinski definition) is 0. The van der Waals surface area contributed by atoms with Gasteiger partial charge in [0, 0.05) is 24.0 Å². The average molecular weight is 330 g/mol. The number of pyridine rings is 1. The summed E-state index contributed by atoms with van der Waals surface area (Å²) in [5, 5.41) is 0. The monoisotopic (exact) mass is 330 g/mol. The van der Waals surface area contributed by atoms with E-state index in [4.69, 9.17) is 4.74 Å². The van der Waals surface area contributed by atoms with Crippen LogP contribution in [-0.2, 0) is 0 Å². The summed E-state index contributed by atoms with van der Waals surface area (Å²) in [6.45, 7) is 1.17. The molecule has 25 heavy (non-hydrogen) atoms. The second kappa shape index (κ2) is 7.08. The summed E-state index contributed by atoms with van der Waals surface area (Å²) in [6, 6.07) is 20.8. The Morgan fingerprint density at radius 1 is 0.920 bits per heavy atom. The summed E-state index contributed by atoms with van der Waals surface area (Å²) in [5.41, 5.74) is 3.63. The van der Waals surface area contributed by atoms with Crippen molar-refractivity contribution in [1.82, 2.24) is 9.88 Å². The molecule has 1 fully saturated rings. The van der Waals surface area contributed by atoms with E-state index >= 15 is 0 Å². The molecule has 0 bridgehead atoms. The van der Waals surface area contributed by atoms with Gasteiger partial charge in [0.1, 0.15) is 11.5 Å². The van der Waals surface area contributed by atoms with E-state index in [0.717, 1.165) is 22.6 Å². The summed E-state index contributed by atoms with van der Waals surface area (Å²) in [4.78, 5) is 6.89. The quantitative estimate of drug-likeness (QED) is 0.648. The van der Waals surface area contributed by atoms with E-state index in [1.54, 1.807) is 0 Å². The van der Waals surface area contributed by atoms with Gasteiger partial charge in [-0.15, -0.1) is 0 Å². The van der Waals surface area contributed by atoms with Crippen molar-refractivity contribution in [2.24, 2.45) is 0 Å². The summed E-state index contributed by atoms with van der Waals surface area (Å²) in [5.74, 6) is 1.69. The number of ether oxygens (including phenoxy) is 1. The second-order valence-electron chi connectivity index (χ2n) is 6.59. The highest BCUT2D eigenvalue weighted by Crippen LogP contribution is 2.32. The summed E-state index contributed by atoms with van der Waals surface area (Å²) in [6.07, 6.45) is 6.41. The fourth-order valence-corrected chi connectivity index (χ4v) is 3.47. The molecule has 4 rings (SSSR count). The third-order valence-corrected chi connectivity index (χ3v) is 4.83. The lowest BCUT2D eigenvalue weighted by atomic mass is 10.0. The first kappa shape index (κ1) is 15.9. The largest absolute Gasteiger partial charge is 0.457 e. The molecule has 2 heterocycles. The number of likely N-dealkylation sites (tertiary alicyclic amines) is 1. The number of para-hydroxylation sites is 1. The SMILES string of the molecule is CN1CCCC1c1cncc(-c2ccc(Oc3ccccc3)cc2)c1. The van der Waals surface area contributed by atoms with Crippen LogP contribution in [0.1, 0.15) is 24.4 Å². The van der Waals surface area contributed by atoms with E-state index in [1.165, 1.54) is 24.9 Å². The number of rotatable bonds is 4. The van der Waals surface area contributed by atoms with Gasteiger partial charge in [-0.3, -0.25) is 9.88 Å². The molecule has 0 N–H and O–H groups in total. The van der Waals surface area contributed by atoms with Crippen LogP contribution in [0.25, 0.3) is 11.1 Å². The van der Waals surface area contributed by atoms with Crippen LogP contribution in [-0.4, -0.2) is 23.5 Å². The van der Waals surface area contributed by atoms with Gasteiger partial charge in [0.15, 0.2) is 0 Å². The molecular weight excluding hydrogens is 308 g/mol. The Balaban J connectivity index is 1.54. The van der Waals surface area contributed by atoms with Crippen molar-refractivity contribution in [3.05, 3.63) is 78.6 Å². The molecular formula is C22H22N2O. The molecule has 3 aromatic rings. The molecule has 1 unspecified atom stereocenters. The molecule has 126 valence electrons. The highest BCUT2D eigenvalue weighted by molar-refractivity contribution is 5.64. The molecule has 2 aromatic carbocycles. The van der Waals surface area contributed by atoms with Crippen LogP contribution >= 0.6 is 0 Å². The number of nitrogens with zero attached hydrogens (tertiary/aromatic N) is 2. The zero-order chi connectivity index (χ0) is 17.1. The van der Waals surface area contributed by atoms with Gasteiger partial charge in [0.2, 0.25) is 0 Å². The fraction of sp³-hybridized carbons (Fsp3) is 0.227. The third-order valence-electron chi connectivity index (χ3n) is 4.83. The van der Waals surface area contributed by atoms with Crippen LogP contribution in [0.5, 0.6) is 11.5 Å². The lowest BCUT2D eigenvalue weighted by molar-refractivity contribution is 0.317. The first-order chi connectivity index (χ1) is 12.3. The van der Waals surface area contributed by atoms with Crippen LogP contribution in [0.15, 0.2) is 73.1 Å². The molecule has 0 radical (unpaired) electrons. The predicted octanol–water partition coefficient (Wildman–Crippen LogP) is 5.31. The Hall–Kier alpha value is -2.65. The molecule has 1 aliphatic heterocycles. The van der Waals surface area contributed by atoms with Gasteiger partial charge in [0.25, 0.3) is 0 Å². The van der Waals surface area contributed by atoms with E-state index in [1.807, 2.05) is 54.9 Å². The van der Waals surface area contributed by atoms with Crippen LogP contribution in [0, 0.1) is 0 Å². The summed E-state index contributed by atoms with van der Waals surface area (Å²) < 4.78 is 5.87. The first-order valence-corrected chi connectivity index (χ1v) is 8.78. The maximum Gasteiger partial charge on any atom is 0.127 e. The smallest absolute Gasteiger partial charge is 0.127 e. The zero-order valence-electron chi connectivity index (χ0n) is 14.4. The number of hydrogen-bond acceptors (Lipinski definition) is 3. The van der Waals surface area contributed by atoms with Crippen LogP contribution in [0.4, 0.5) is 0 Å². The van der Waals surface area contributed by atoms with Crippen molar-refractivity contribution in [2.75, 3.05) is 13.6 Å². The van der Waals surface area contributed by atoms with Crippen LogP contribution in [0.3, 0.4) is 0 Å². The second-order valence-corrected chi connectivity index (χ2v) is 6.59. The highest BCUT2D eigenvalue weighted by atomic mass is 16.5. The van der Waals surface area contributed by atoms with E-state index in [2.05, 4.69) is 35.1 Å². The van der Waals surface area contributed by atoms with Crippen molar-refractivity contribution >= 4 is 0 Å². The minimum atomic E-state index is 0.494. The van der Waals surface area contributed by atoms with Crippen molar-refractivity contribution in [1.29, 1.82) is 0 Å². The molecule has 0 saturated carbocycles. The van der Waals surface area contributed by atoms with Gasteiger partial charge in [0.05, 0.1) is 0 Å². The Labute approximate surface area is 148 Å². The van der Waals surface area contributed by atoms with Gasteiger partial charge in [-0.25, -0.2) is 0 Å². The summed E-state index contributed by atoms with van der Waals surface area (Å²) in [7, 11) is 2.19. The van der Waals surface area contributed by atoms with E-state index in [9.17, 15) is 0 Å². The molecule has 1 aromatic heterocycles. The summed E-state index contributed by atoms with van der Waals surface area (Å²) >= 11 is 0. The average Bonchev–Trinajstić information content (AvgIpc) is 3.09. The van der Waals surface area contributed by atoms with Crippen molar-refractivity contribution in [3.63, 3.8) is 0 Å². The van der Waals surface area contributed by atoms with E-state index in [0.29, 0.717) is 6.04 Å². The maximum absolute atomic E-state index is 5.87. The molecule has 0 spiro atoms. The minimum absolute atomic E-state index is 0.494. The van der Waals surface area contributed by atoms with Crippen molar-refractivity contribution in [3.8, 4) is 22.6 Å². The topological polar surface area (TPSA) is 25.4 Å². The Morgan fingerprint density at radius 3 is 2.40 bits per heavy atom. The van der Waals surface area contributed by atoms with Gasteiger partial charge < -0.3 is 4.74 Å². The maximum atomic E-state index is 5.87. The number of aromatic nitrogens is 1. The third kappa shape index (κ3) is 3.57. The van der Waals surface area contributed by atoms with Gasteiger partial charge in [-0.05, 0) is 67.9 Å². The standard InChI is InChI=1S/C22H22N2O/c1-24-13-5-8-22(24)19-14-18(15-23-16-19)17-9-11-21(12-10-17)25-20-6-3-2-4-7-20/h2-4,6-7,9-12,14-16,22H,5,8,13H2,1H3. The molecule has 1 aliphatic rings. The normalized spacial score (nSPS) is 17.6. The van der Waals surface area contributed by atoms with E-state index in [-0.39, 0.29) is 0 Å². The first-order valence-electron chi connectivity index (χ1n) is 8.78. The van der Waals surface area contributed by atoms with E-state index < -0.39 is 0 Å². The van der Waals surface area contributed by atoms with Crippen LogP contribution < -0.4 is 4.74 Å². The Kier molecular flexibility index (Phi) is 4.49. The van der Waals surface area contributed by atoms with Crippen molar-refractivity contribution in [2.45, 2.75) is 18.9 Å². The van der Waals surface area contributed by atoms with Gasteiger partial charge in [-0.2, -0.15) is 0 Å². The molecule has 1 saturated heterocycles. The minimum Gasteiger partial charge on any atom is -0.457 e. The molecule has 0 amide bonds. The van der Waals surface area contributed by atoms with Crippen molar-refractivity contribution < 1.29 is 4.74 Å². The van der Waals surface area contributed by atoms with Gasteiger partial charge in [-0.1, -0.05) is 30.3 Å². The Morgan fingerprint density at radius 2 is 1.68 bits per heavy atom. The molecule has 3 nitrogen and oxygen atoms in total. The highest BCUT2D eigenvalue weighted by Gasteiger charge is 2.22. The molecule has 1 atom stereocenters. The number of benzene rings is 2. The van der Waals surface area contributed by atoms with Gasteiger partial charge >= 0.3 is 0 Å².